The van der Waals surface area contributed by atoms with Crippen molar-refractivity contribution in [1.29, 1.82) is 0 Å². The maximum atomic E-state index is 2.50. The second-order valence-electron chi connectivity index (χ2n) is 10.0. The zero-order chi connectivity index (χ0) is 21.2. The third-order valence-electron chi connectivity index (χ3n) is 7.46. The fourth-order valence-electron chi connectivity index (χ4n) is 5.48. The summed E-state index contributed by atoms with van der Waals surface area (Å²) in [6, 6.07) is 7.44. The predicted molar refractivity (Wildman–Crippen MR) is 140 cm³/mol. The molecule has 1 aromatic carbocycles. The van der Waals surface area contributed by atoms with Gasteiger partial charge in [0.05, 0.1) is 4.58 Å². The summed E-state index contributed by atoms with van der Waals surface area (Å²) in [6.07, 6.45) is 18.2. The Morgan fingerprint density at radius 1 is 0.833 bits per heavy atom. The molecule has 1 aromatic rings. The number of hydrogen-bond acceptors (Lipinski definition) is 2. The first kappa shape index (κ1) is 24.6. The van der Waals surface area contributed by atoms with Crippen LogP contribution in [0.2, 0.25) is 0 Å². The zero-order valence-electron chi connectivity index (χ0n) is 20.0. The number of rotatable bonds is 11. The summed E-state index contributed by atoms with van der Waals surface area (Å²) in [5.41, 5.74) is 4.78. The molecule has 1 saturated heterocycles. The van der Waals surface area contributed by atoms with Gasteiger partial charge in [0.1, 0.15) is 0 Å². The molecule has 0 aromatic heterocycles. The van der Waals surface area contributed by atoms with Crippen molar-refractivity contribution in [2.75, 3.05) is 11.5 Å². The summed E-state index contributed by atoms with van der Waals surface area (Å²) in [7, 11) is 0. The van der Waals surface area contributed by atoms with E-state index in [-0.39, 0.29) is 0 Å². The normalized spacial score (nSPS) is 27.3. The van der Waals surface area contributed by atoms with Gasteiger partial charge in [0, 0.05) is 0 Å². The Hall–Kier alpha value is -0.0800. The van der Waals surface area contributed by atoms with Gasteiger partial charge in [0.25, 0.3) is 0 Å². The highest BCUT2D eigenvalue weighted by molar-refractivity contribution is 8.17. The Balaban J connectivity index is 1.41. The van der Waals surface area contributed by atoms with Gasteiger partial charge in [0.15, 0.2) is 0 Å². The fourth-order valence-corrected chi connectivity index (χ4v) is 9.06. The van der Waals surface area contributed by atoms with Gasteiger partial charge in [-0.25, -0.2) is 0 Å². The van der Waals surface area contributed by atoms with Crippen LogP contribution in [-0.4, -0.2) is 16.1 Å². The van der Waals surface area contributed by atoms with Crippen LogP contribution in [0.5, 0.6) is 0 Å². The average Bonchev–Trinajstić information content (AvgIpc) is 2.78. The van der Waals surface area contributed by atoms with E-state index < -0.39 is 0 Å². The van der Waals surface area contributed by atoms with Crippen LogP contribution in [0.3, 0.4) is 0 Å². The lowest BCUT2D eigenvalue weighted by Gasteiger charge is -2.37. The van der Waals surface area contributed by atoms with Crippen LogP contribution in [0.4, 0.5) is 0 Å². The molecule has 0 radical (unpaired) electrons. The molecule has 3 rings (SSSR count). The molecule has 0 bridgehead atoms. The van der Waals surface area contributed by atoms with Crippen molar-refractivity contribution in [3.63, 3.8) is 0 Å². The first-order valence-corrected chi connectivity index (χ1v) is 15.1. The van der Waals surface area contributed by atoms with Crippen LogP contribution in [0.15, 0.2) is 18.2 Å². The van der Waals surface area contributed by atoms with Crippen LogP contribution in [0, 0.1) is 18.8 Å². The Morgan fingerprint density at radius 2 is 1.53 bits per heavy atom. The molecule has 1 aliphatic heterocycles. The minimum absolute atomic E-state index is 0.816. The number of benzene rings is 1. The Kier molecular flexibility index (Phi) is 11.0. The van der Waals surface area contributed by atoms with Gasteiger partial charge in [-0.3, -0.25) is 0 Å². The van der Waals surface area contributed by atoms with Gasteiger partial charge in [-0.15, -0.1) is 23.5 Å². The van der Waals surface area contributed by atoms with Crippen molar-refractivity contribution in [2.24, 2.45) is 11.8 Å². The van der Waals surface area contributed by atoms with E-state index >= 15 is 0 Å². The van der Waals surface area contributed by atoms with Crippen molar-refractivity contribution in [1.82, 2.24) is 0 Å². The number of aryl methyl sites for hydroxylation is 2. The molecule has 30 heavy (non-hydrogen) atoms. The van der Waals surface area contributed by atoms with Crippen molar-refractivity contribution in [3.05, 3.63) is 34.9 Å². The van der Waals surface area contributed by atoms with E-state index in [1.54, 1.807) is 16.7 Å². The molecule has 1 aliphatic carbocycles. The first-order chi connectivity index (χ1) is 14.7. The fraction of sp³-hybridized carbons (Fsp3) is 0.786. The first-order valence-electron chi connectivity index (χ1n) is 13.0. The van der Waals surface area contributed by atoms with E-state index in [2.05, 4.69) is 62.5 Å². The Morgan fingerprint density at radius 3 is 2.20 bits per heavy atom. The molecule has 1 saturated carbocycles. The molecule has 0 unspecified atom stereocenters. The highest BCUT2D eigenvalue weighted by atomic mass is 32.2. The van der Waals surface area contributed by atoms with Crippen molar-refractivity contribution in [3.8, 4) is 0 Å². The molecule has 2 heteroatoms. The van der Waals surface area contributed by atoms with E-state index in [1.807, 2.05) is 0 Å². The number of thioether (sulfide) groups is 2. The van der Waals surface area contributed by atoms with E-state index in [0.717, 1.165) is 22.3 Å². The van der Waals surface area contributed by atoms with Gasteiger partial charge in [-0.1, -0.05) is 70.6 Å². The lowest BCUT2D eigenvalue weighted by molar-refractivity contribution is 0.342. The molecule has 2 aliphatic rings. The molecular formula is C28H46S2. The number of hydrogen-bond donors (Lipinski definition) is 0. The van der Waals surface area contributed by atoms with Crippen LogP contribution in [0.25, 0.3) is 0 Å². The summed E-state index contributed by atoms with van der Waals surface area (Å²) in [5, 5.41) is 0. The molecule has 0 atom stereocenters. The van der Waals surface area contributed by atoms with Gasteiger partial charge < -0.3 is 0 Å². The largest absolute Gasteiger partial charge is 0.147 e. The van der Waals surface area contributed by atoms with Crippen molar-refractivity contribution in [2.45, 2.75) is 115 Å². The van der Waals surface area contributed by atoms with E-state index in [4.69, 9.17) is 0 Å². The SMILES string of the molecule is CCCCCCCc1ccc([C@H]2CC[C@H](C3SCC(CCCC)CS3)CC2)c(C)c1. The van der Waals surface area contributed by atoms with Crippen molar-refractivity contribution < 1.29 is 0 Å². The maximum Gasteiger partial charge on any atom is 0.0530 e. The van der Waals surface area contributed by atoms with Crippen molar-refractivity contribution >= 4 is 23.5 Å². The molecular weight excluding hydrogens is 400 g/mol. The Bertz CT molecular complexity index is 595. The summed E-state index contributed by atoms with van der Waals surface area (Å²) in [5.74, 6) is 5.62. The third-order valence-corrected chi connectivity index (χ3v) is 11.0. The smallest absolute Gasteiger partial charge is 0.0530 e. The van der Waals surface area contributed by atoms with Gasteiger partial charge in [-0.05, 0) is 97.8 Å². The summed E-state index contributed by atoms with van der Waals surface area (Å²) >= 11 is 4.61. The zero-order valence-corrected chi connectivity index (χ0v) is 21.6. The van der Waals surface area contributed by atoms with E-state index in [0.29, 0.717) is 0 Å². The molecule has 2 fully saturated rings. The second-order valence-corrected chi connectivity index (χ2v) is 12.7. The highest BCUT2D eigenvalue weighted by Gasteiger charge is 2.32. The summed E-state index contributed by atoms with van der Waals surface area (Å²) in [6.45, 7) is 6.99. The third kappa shape index (κ3) is 7.51. The average molecular weight is 447 g/mol. The molecule has 0 amide bonds. The summed E-state index contributed by atoms with van der Waals surface area (Å²) in [4.78, 5) is 0. The lowest BCUT2D eigenvalue weighted by Crippen LogP contribution is -2.26. The predicted octanol–water partition coefficient (Wildman–Crippen LogP) is 9.39. The van der Waals surface area contributed by atoms with Crippen LogP contribution in [-0.2, 0) is 6.42 Å². The van der Waals surface area contributed by atoms with E-state index in [9.17, 15) is 0 Å². The van der Waals surface area contributed by atoms with E-state index in [1.165, 1.54) is 95.0 Å². The molecule has 0 N–H and O–H groups in total. The van der Waals surface area contributed by atoms with Gasteiger partial charge in [0.2, 0.25) is 0 Å². The van der Waals surface area contributed by atoms with Crippen LogP contribution in [0.1, 0.15) is 114 Å². The Labute approximate surface area is 196 Å². The minimum atomic E-state index is 0.816. The molecule has 0 spiro atoms. The van der Waals surface area contributed by atoms with Crippen LogP contribution < -0.4 is 0 Å². The monoisotopic (exact) mass is 446 g/mol. The molecule has 1 heterocycles. The van der Waals surface area contributed by atoms with Gasteiger partial charge >= 0.3 is 0 Å². The topological polar surface area (TPSA) is 0 Å². The highest BCUT2D eigenvalue weighted by Crippen LogP contribution is 2.47. The quantitative estimate of drug-likeness (QED) is 0.310. The number of unbranched alkanes of at least 4 members (excludes halogenated alkanes) is 5. The van der Waals surface area contributed by atoms with Crippen LogP contribution >= 0.6 is 23.5 Å². The molecule has 0 nitrogen and oxygen atoms in total. The molecule has 170 valence electrons. The lowest BCUT2D eigenvalue weighted by atomic mass is 9.78. The second kappa shape index (κ2) is 13.5. The summed E-state index contributed by atoms with van der Waals surface area (Å²) < 4.78 is 0.889. The standard InChI is InChI=1S/C28H46S2/c1-4-6-8-9-10-12-23-13-18-27(22(3)19-23)25-14-16-26(17-15-25)28-29-20-24(21-30-28)11-7-5-2/h13,18-19,24-26,28H,4-12,14-17,20-21H2,1-3H3/t24?,25-,26-,28?. The minimum Gasteiger partial charge on any atom is -0.147 e. The van der Waals surface area contributed by atoms with Gasteiger partial charge in [-0.2, -0.15) is 0 Å². The maximum absolute atomic E-state index is 2.50.